The molecular formula is C20H23N2+. The predicted octanol–water partition coefficient (Wildman–Crippen LogP) is 4.50. The van der Waals surface area contributed by atoms with Crippen LogP contribution >= 0.6 is 0 Å². The number of aryl methyl sites for hydroxylation is 3. The van der Waals surface area contributed by atoms with E-state index in [1.165, 1.54) is 39.1 Å². The number of nitrogens with zero attached hydrogens (tertiary/aromatic N) is 2. The number of pyridine rings is 1. The minimum atomic E-state index is 1.19. The van der Waals surface area contributed by atoms with Crippen molar-refractivity contribution in [3.63, 3.8) is 0 Å². The third-order valence-electron chi connectivity index (χ3n) is 4.37. The van der Waals surface area contributed by atoms with Gasteiger partial charge in [0.1, 0.15) is 11.2 Å². The number of para-hydroxylation sites is 1. The number of aromatic nitrogens is 2. The molecule has 0 radical (unpaired) electrons. The van der Waals surface area contributed by atoms with Crippen molar-refractivity contribution in [2.75, 3.05) is 0 Å². The van der Waals surface area contributed by atoms with Crippen molar-refractivity contribution in [1.29, 1.82) is 0 Å². The van der Waals surface area contributed by atoms with Crippen molar-refractivity contribution in [2.45, 2.75) is 27.7 Å². The fraction of sp³-hybridized carbons (Fsp3) is 0.250. The molecule has 0 aliphatic carbocycles. The van der Waals surface area contributed by atoms with E-state index in [0.29, 0.717) is 0 Å². The largest absolute Gasteiger partial charge is 0.286 e. The second kappa shape index (κ2) is 5.45. The molecule has 0 bridgehead atoms. The summed E-state index contributed by atoms with van der Waals surface area (Å²) >= 11 is 0. The summed E-state index contributed by atoms with van der Waals surface area (Å²) in [5, 5.41) is 1.29. The maximum Gasteiger partial charge on any atom is 0.286 e. The van der Waals surface area contributed by atoms with Gasteiger partial charge in [-0.25, -0.2) is 4.57 Å². The average molecular weight is 291 g/mol. The highest BCUT2D eigenvalue weighted by atomic mass is 15.1. The van der Waals surface area contributed by atoms with E-state index in [4.69, 9.17) is 0 Å². The lowest BCUT2D eigenvalue weighted by Gasteiger charge is -2.08. The van der Waals surface area contributed by atoms with E-state index in [1.807, 2.05) is 0 Å². The number of hydrogen-bond donors (Lipinski definition) is 0. The number of fused-ring (bicyclic) bond motifs is 1. The summed E-state index contributed by atoms with van der Waals surface area (Å²) in [5.74, 6) is 1.19. The lowest BCUT2D eigenvalue weighted by molar-refractivity contribution is -0.665. The first kappa shape index (κ1) is 14.6. The number of allylic oxidation sites excluding steroid dienone is 2. The Morgan fingerprint density at radius 3 is 2.64 bits per heavy atom. The molecule has 2 heteroatoms. The first-order valence-electron chi connectivity index (χ1n) is 7.74. The van der Waals surface area contributed by atoms with Crippen LogP contribution in [0.15, 0.2) is 48.7 Å². The summed E-state index contributed by atoms with van der Waals surface area (Å²) in [6, 6.07) is 13.2. The monoisotopic (exact) mass is 291 g/mol. The minimum absolute atomic E-state index is 1.19. The molecule has 3 rings (SSSR count). The van der Waals surface area contributed by atoms with Gasteiger partial charge < -0.3 is 0 Å². The Bertz CT molecular complexity index is 882. The normalized spacial score (nSPS) is 12.1. The molecule has 0 unspecified atom stereocenters. The van der Waals surface area contributed by atoms with E-state index in [-0.39, 0.29) is 0 Å². The van der Waals surface area contributed by atoms with Crippen LogP contribution in [0.4, 0.5) is 0 Å². The molecule has 0 fully saturated rings. The topological polar surface area (TPSA) is 8.81 Å². The molecule has 112 valence electrons. The smallest absolute Gasteiger partial charge is 0.237 e. The van der Waals surface area contributed by atoms with Gasteiger partial charge in [-0.3, -0.25) is 0 Å². The van der Waals surface area contributed by atoms with Crippen LogP contribution in [0.3, 0.4) is 0 Å². The van der Waals surface area contributed by atoms with Crippen LogP contribution in [0.5, 0.6) is 0 Å². The first-order chi connectivity index (χ1) is 10.5. The van der Waals surface area contributed by atoms with Crippen molar-refractivity contribution in [2.24, 2.45) is 7.05 Å². The molecule has 0 aliphatic heterocycles. The molecule has 0 spiro atoms. The van der Waals surface area contributed by atoms with E-state index in [2.05, 4.69) is 92.5 Å². The Morgan fingerprint density at radius 2 is 1.91 bits per heavy atom. The minimum Gasteiger partial charge on any atom is -0.237 e. The van der Waals surface area contributed by atoms with E-state index < -0.39 is 0 Å². The molecule has 0 saturated carbocycles. The van der Waals surface area contributed by atoms with Crippen LogP contribution in [-0.4, -0.2) is 4.57 Å². The van der Waals surface area contributed by atoms with Crippen molar-refractivity contribution in [1.82, 2.24) is 4.57 Å². The molecule has 0 saturated heterocycles. The van der Waals surface area contributed by atoms with E-state index in [0.717, 1.165) is 0 Å². The third kappa shape index (κ3) is 2.25. The molecule has 1 aromatic carbocycles. The van der Waals surface area contributed by atoms with Gasteiger partial charge in [0, 0.05) is 11.5 Å². The fourth-order valence-corrected chi connectivity index (χ4v) is 2.99. The molecule has 0 N–H and O–H groups in total. The Morgan fingerprint density at radius 1 is 1.14 bits per heavy atom. The van der Waals surface area contributed by atoms with Crippen LogP contribution in [0.2, 0.25) is 0 Å². The van der Waals surface area contributed by atoms with Gasteiger partial charge in [-0.2, -0.15) is 4.57 Å². The summed E-state index contributed by atoms with van der Waals surface area (Å²) in [7, 11) is 2.10. The highest BCUT2D eigenvalue weighted by Gasteiger charge is 2.22. The molecule has 0 atom stereocenters. The predicted molar refractivity (Wildman–Crippen MR) is 93.3 cm³/mol. The van der Waals surface area contributed by atoms with E-state index >= 15 is 0 Å². The summed E-state index contributed by atoms with van der Waals surface area (Å²) in [6.07, 6.45) is 4.30. The molecule has 3 aromatic rings. The van der Waals surface area contributed by atoms with Crippen molar-refractivity contribution in [3.8, 4) is 5.82 Å². The zero-order valence-electron chi connectivity index (χ0n) is 14.0. The zero-order valence-corrected chi connectivity index (χ0v) is 14.0. The maximum absolute atomic E-state index is 2.38. The SMILES string of the molecule is CC=C(C)c1cc2cccc(C)c2n1-c1cc(C)cc[n+]1C. The van der Waals surface area contributed by atoms with Gasteiger partial charge in [0.2, 0.25) is 0 Å². The summed E-state index contributed by atoms with van der Waals surface area (Å²) < 4.78 is 4.57. The van der Waals surface area contributed by atoms with Gasteiger partial charge in [0.15, 0.2) is 0 Å². The summed E-state index contributed by atoms with van der Waals surface area (Å²) in [6.45, 7) is 8.60. The van der Waals surface area contributed by atoms with E-state index in [1.54, 1.807) is 0 Å². The molecule has 22 heavy (non-hydrogen) atoms. The molecule has 2 heterocycles. The number of rotatable bonds is 2. The molecule has 2 aromatic heterocycles. The molecule has 2 nitrogen and oxygen atoms in total. The number of benzene rings is 1. The Hall–Kier alpha value is -2.35. The van der Waals surface area contributed by atoms with Gasteiger partial charge in [0.05, 0.1) is 13.2 Å². The Labute approximate surface area is 132 Å². The van der Waals surface area contributed by atoms with Crippen molar-refractivity contribution >= 4 is 16.5 Å². The van der Waals surface area contributed by atoms with Gasteiger partial charge in [-0.1, -0.05) is 24.3 Å². The highest BCUT2D eigenvalue weighted by molar-refractivity contribution is 5.89. The maximum atomic E-state index is 2.38. The number of hydrogen-bond acceptors (Lipinski definition) is 0. The van der Waals surface area contributed by atoms with Crippen molar-refractivity contribution < 1.29 is 4.57 Å². The standard InChI is InChI=1S/C20H23N2/c1-6-15(3)18-13-17-9-7-8-16(4)20(17)22(18)19-12-14(2)10-11-21(19)5/h6-13H,1-5H3/q+1. The molecule has 0 amide bonds. The Balaban J connectivity index is 2.47. The summed E-state index contributed by atoms with van der Waals surface area (Å²) in [4.78, 5) is 0. The van der Waals surface area contributed by atoms with E-state index in [9.17, 15) is 0 Å². The lowest BCUT2D eigenvalue weighted by atomic mass is 10.1. The Kier molecular flexibility index (Phi) is 3.61. The van der Waals surface area contributed by atoms with Crippen LogP contribution in [0, 0.1) is 13.8 Å². The van der Waals surface area contributed by atoms with Gasteiger partial charge in [-0.15, -0.1) is 0 Å². The molecular weight excluding hydrogens is 268 g/mol. The highest BCUT2D eigenvalue weighted by Crippen LogP contribution is 2.29. The van der Waals surface area contributed by atoms with Crippen LogP contribution in [0.1, 0.15) is 30.7 Å². The third-order valence-corrected chi connectivity index (χ3v) is 4.37. The average Bonchev–Trinajstić information content (AvgIpc) is 2.89. The second-order valence-corrected chi connectivity index (χ2v) is 6.02. The van der Waals surface area contributed by atoms with Gasteiger partial charge in [0.25, 0.3) is 5.82 Å². The van der Waals surface area contributed by atoms with Crippen LogP contribution in [-0.2, 0) is 7.05 Å². The first-order valence-corrected chi connectivity index (χ1v) is 7.74. The second-order valence-electron chi connectivity index (χ2n) is 6.02. The molecule has 0 aliphatic rings. The van der Waals surface area contributed by atoms with Gasteiger partial charge in [-0.05, 0) is 56.5 Å². The summed E-state index contributed by atoms with van der Waals surface area (Å²) in [5.41, 5.74) is 6.41. The quantitative estimate of drug-likeness (QED) is 0.615. The lowest BCUT2D eigenvalue weighted by Crippen LogP contribution is -2.34. The van der Waals surface area contributed by atoms with Crippen LogP contribution in [0.25, 0.3) is 22.3 Å². The van der Waals surface area contributed by atoms with Crippen LogP contribution < -0.4 is 4.57 Å². The zero-order chi connectivity index (χ0) is 15.9. The van der Waals surface area contributed by atoms with Crippen molar-refractivity contribution in [3.05, 3.63) is 65.5 Å². The fourth-order valence-electron chi connectivity index (χ4n) is 2.99. The van der Waals surface area contributed by atoms with Gasteiger partial charge >= 0.3 is 0 Å².